The Kier molecular flexibility index (Phi) is 16.0. The second kappa shape index (κ2) is 21.3. The summed E-state index contributed by atoms with van der Waals surface area (Å²) in [5, 5.41) is 44.9. The molecule has 0 aliphatic carbocycles. The highest BCUT2D eigenvalue weighted by molar-refractivity contribution is 6.11. The number of aliphatic hydroxyl groups excluding tert-OH is 2. The minimum atomic E-state index is -1.29. The molecule has 0 unspecified atom stereocenters. The highest BCUT2D eigenvalue weighted by atomic mass is 16.7. The number of nitro groups is 1. The number of para-hydroxylation sites is 1. The Morgan fingerprint density at radius 1 is 0.967 bits per heavy atom. The van der Waals surface area contributed by atoms with E-state index >= 15 is 0 Å². The van der Waals surface area contributed by atoms with Gasteiger partial charge >= 0.3 is 5.97 Å². The number of esters is 1. The number of primary amides is 1. The molecule has 1 saturated heterocycles. The van der Waals surface area contributed by atoms with Crippen molar-refractivity contribution >= 4 is 62.8 Å². The molecule has 1 aliphatic heterocycles. The quantitative estimate of drug-likeness (QED) is 0.0220. The molecule has 1 fully saturated rings. The van der Waals surface area contributed by atoms with Crippen LogP contribution in [0.2, 0.25) is 0 Å². The minimum Gasteiger partial charge on any atom is -0.464 e. The van der Waals surface area contributed by atoms with E-state index < -0.39 is 89.6 Å². The number of hydrogen-bond acceptors (Lipinski definition) is 14. The van der Waals surface area contributed by atoms with Crippen LogP contribution in [0.5, 0.6) is 0 Å². The van der Waals surface area contributed by atoms with Gasteiger partial charge in [0.05, 0.1) is 47.0 Å². The first-order valence-corrected chi connectivity index (χ1v) is 19.8. The van der Waals surface area contributed by atoms with Gasteiger partial charge in [0.25, 0.3) is 5.69 Å². The molecular weight excluding hydrogens is 794 g/mol. The number of nitrogens with two attached hydrogens (primary N) is 1. The fourth-order valence-electron chi connectivity index (χ4n) is 7.22. The van der Waals surface area contributed by atoms with Crippen LogP contribution in [0.4, 0.5) is 11.4 Å². The molecule has 2 heterocycles. The van der Waals surface area contributed by atoms with Crippen molar-refractivity contribution in [2.24, 2.45) is 17.6 Å². The van der Waals surface area contributed by atoms with Gasteiger partial charge in [0.2, 0.25) is 23.6 Å². The lowest BCUT2D eigenvalue weighted by molar-refractivity contribution is -0.383. The molecule has 326 valence electrons. The van der Waals surface area contributed by atoms with Crippen molar-refractivity contribution < 1.29 is 53.3 Å². The van der Waals surface area contributed by atoms with Gasteiger partial charge < -0.3 is 51.4 Å². The number of ether oxygens (including phenoxy) is 3. The summed E-state index contributed by atoms with van der Waals surface area (Å²) >= 11 is 0. The molecule has 8 atom stereocenters. The Labute approximate surface area is 350 Å². The number of amides is 4. The molecule has 4 amide bonds. The Morgan fingerprint density at radius 2 is 1.67 bits per heavy atom. The average Bonchev–Trinajstić information content (AvgIpc) is 3.23. The summed E-state index contributed by atoms with van der Waals surface area (Å²) in [6.07, 6.45) is -3.95. The molecule has 19 nitrogen and oxygen atoms in total. The van der Waals surface area contributed by atoms with Crippen LogP contribution >= 0.6 is 0 Å². The molecule has 0 saturated carbocycles. The zero-order valence-electron chi connectivity index (χ0n) is 33.9. The van der Waals surface area contributed by atoms with Crippen LogP contribution in [0.1, 0.15) is 45.6 Å². The van der Waals surface area contributed by atoms with Crippen LogP contribution in [0.25, 0.3) is 21.8 Å². The average molecular weight is 846 g/mol. The Morgan fingerprint density at radius 3 is 2.36 bits per heavy atom. The van der Waals surface area contributed by atoms with Crippen LogP contribution in [-0.2, 0) is 44.8 Å². The zero-order chi connectivity index (χ0) is 44.2. The zero-order valence-corrected chi connectivity index (χ0v) is 33.9. The maximum absolute atomic E-state index is 13.4. The molecule has 4 aromatic rings. The summed E-state index contributed by atoms with van der Waals surface area (Å²) in [4.78, 5) is 79.6. The number of hydrogen-bond donors (Lipinski definition) is 7. The van der Waals surface area contributed by atoms with Gasteiger partial charge in [-0.05, 0) is 37.5 Å². The van der Waals surface area contributed by atoms with E-state index in [1.807, 2.05) is 30.3 Å². The lowest BCUT2D eigenvalue weighted by Gasteiger charge is -2.45. The van der Waals surface area contributed by atoms with Crippen molar-refractivity contribution in [3.63, 3.8) is 0 Å². The smallest absolute Gasteiger partial charge is 0.305 e. The maximum atomic E-state index is 13.4. The molecule has 0 radical (unpaired) electrons. The first kappa shape index (κ1) is 45.8. The van der Waals surface area contributed by atoms with E-state index in [1.54, 1.807) is 43.3 Å². The van der Waals surface area contributed by atoms with Gasteiger partial charge in [-0.25, -0.2) is 4.98 Å². The molecule has 5 rings (SSSR count). The first-order chi connectivity index (χ1) is 29.2. The fourth-order valence-corrected chi connectivity index (χ4v) is 7.22. The monoisotopic (exact) mass is 845 g/mol. The maximum Gasteiger partial charge on any atom is 0.305 e. The van der Waals surface area contributed by atoms with Crippen molar-refractivity contribution in [1.82, 2.24) is 20.9 Å². The molecule has 61 heavy (non-hydrogen) atoms. The number of nitrogens with zero attached hydrogens (tertiary/aromatic N) is 2. The first-order valence-electron chi connectivity index (χ1n) is 19.8. The van der Waals surface area contributed by atoms with E-state index in [1.165, 1.54) is 19.9 Å². The van der Waals surface area contributed by atoms with Crippen molar-refractivity contribution in [2.75, 3.05) is 25.1 Å². The van der Waals surface area contributed by atoms with Gasteiger partial charge in [0, 0.05) is 43.2 Å². The second-order valence-electron chi connectivity index (χ2n) is 14.9. The van der Waals surface area contributed by atoms with Crippen LogP contribution in [0.3, 0.4) is 0 Å². The highest BCUT2D eigenvalue weighted by Crippen LogP contribution is 2.37. The van der Waals surface area contributed by atoms with Gasteiger partial charge in [-0.15, -0.1) is 0 Å². The van der Waals surface area contributed by atoms with Crippen molar-refractivity contribution in [3.05, 3.63) is 88.5 Å². The third kappa shape index (κ3) is 11.9. The number of anilines is 1. The summed E-state index contributed by atoms with van der Waals surface area (Å²) in [6, 6.07) is 17.5. The van der Waals surface area contributed by atoms with Crippen molar-refractivity contribution in [1.29, 1.82) is 0 Å². The van der Waals surface area contributed by atoms with Gasteiger partial charge in [0.15, 0.2) is 6.29 Å². The fraction of sp³-hybridized carbons (Fsp3) is 0.429. The predicted molar refractivity (Wildman–Crippen MR) is 221 cm³/mol. The Hall–Kier alpha value is -6.28. The number of carbonyl (C=O) groups excluding carboxylic acids is 5. The molecule has 8 N–H and O–H groups in total. The van der Waals surface area contributed by atoms with E-state index in [4.69, 9.17) is 19.9 Å². The normalized spacial score (nSPS) is 20.2. The van der Waals surface area contributed by atoms with Crippen LogP contribution in [-0.4, -0.2) is 106 Å². The number of non-ortho nitro benzene ring substituents is 1. The number of nitro benzene ring substituents is 1. The van der Waals surface area contributed by atoms with Gasteiger partial charge in [0.1, 0.15) is 30.2 Å². The van der Waals surface area contributed by atoms with Crippen molar-refractivity contribution in [2.45, 2.75) is 83.3 Å². The number of aromatic nitrogens is 1. The Balaban J connectivity index is 1.12. The van der Waals surface area contributed by atoms with E-state index in [-0.39, 0.29) is 44.7 Å². The van der Waals surface area contributed by atoms with Gasteiger partial charge in [-0.2, -0.15) is 0 Å². The topological polar surface area (TPSA) is 284 Å². The summed E-state index contributed by atoms with van der Waals surface area (Å²) in [5.41, 5.74) is 7.70. The number of benzene rings is 3. The third-order valence-electron chi connectivity index (χ3n) is 10.4. The largest absolute Gasteiger partial charge is 0.464 e. The molecule has 3 aromatic carbocycles. The molecule has 0 bridgehead atoms. The summed E-state index contributed by atoms with van der Waals surface area (Å²) in [7, 11) is 0. The number of nitrogens with one attached hydrogen (secondary N) is 4. The molecule has 0 spiro atoms. The number of carbonyl (C=O) groups is 5. The molecule has 19 heteroatoms. The number of rotatable bonds is 20. The van der Waals surface area contributed by atoms with Crippen LogP contribution in [0, 0.1) is 22.0 Å². The van der Waals surface area contributed by atoms with E-state index in [0.717, 1.165) is 5.56 Å². The lowest BCUT2D eigenvalue weighted by Crippen LogP contribution is -2.62. The van der Waals surface area contributed by atoms with Gasteiger partial charge in [-0.3, -0.25) is 34.1 Å². The summed E-state index contributed by atoms with van der Waals surface area (Å²) < 4.78 is 17.2. The standard InChI is InChI=1S/C42H51N7O12/c1-23(20-28-37(46-25(3)51)42(61-33(21-50)38(28)53)60-22-26-10-5-4-6-11-26)40(55)45-24(2)41(56)48-31(39(43)54)16-17-34(52)59-19-18-44-36-27-12-7-8-13-29(27)47-30-14-9-15-32(35(30)36)49(57)58/h4-15,23-24,28,31,33,37-38,42,50,53H,16-22H2,1-3H3,(H2,43,54)(H,44,47)(H,45,55)(H,46,51)(H,48,56)/t23-,24-,28+,31+,33+,37+,38+,42-/m0/s1. The van der Waals surface area contributed by atoms with Gasteiger partial charge in [-0.1, -0.05) is 61.5 Å². The predicted octanol–water partition coefficient (Wildman–Crippen LogP) is 1.95. The molecular formula is C42H51N7O12. The number of pyridine rings is 1. The SMILES string of the molecule is CC(=O)N[C@H]1[C@@H](OCc2ccccc2)O[C@H](CO)[C@H](O)[C@@H]1C[C@H](C)C(=O)N[C@@H](C)C(=O)N[C@H](CCC(=O)OCCNc1c2ccccc2nc2cccc([N+](=O)[O-])c12)C(N)=O. The van der Waals surface area contributed by atoms with Crippen molar-refractivity contribution in [3.8, 4) is 0 Å². The highest BCUT2D eigenvalue weighted by Gasteiger charge is 2.47. The van der Waals surface area contributed by atoms with E-state index in [0.29, 0.717) is 27.5 Å². The summed E-state index contributed by atoms with van der Waals surface area (Å²) in [5.74, 6) is -5.04. The summed E-state index contributed by atoms with van der Waals surface area (Å²) in [6.45, 7) is 3.75. The third-order valence-corrected chi connectivity index (χ3v) is 10.4. The molecule has 1 aliphatic rings. The lowest BCUT2D eigenvalue weighted by atomic mass is 9.80. The van der Waals surface area contributed by atoms with Crippen LogP contribution < -0.4 is 27.0 Å². The Bertz CT molecular complexity index is 2210. The van der Waals surface area contributed by atoms with E-state index in [2.05, 4.69) is 26.3 Å². The number of fused-ring (bicyclic) bond motifs is 2. The number of aliphatic hydroxyl groups is 2. The van der Waals surface area contributed by atoms with Crippen LogP contribution in [0.15, 0.2) is 72.8 Å². The van der Waals surface area contributed by atoms with E-state index in [9.17, 15) is 44.3 Å². The minimum absolute atomic E-state index is 0.00541. The molecule has 1 aromatic heterocycles. The second-order valence-corrected chi connectivity index (χ2v) is 14.9.